The maximum atomic E-state index is 12.8. The number of hydrogen-bond acceptors (Lipinski definition) is 3. The second-order valence-corrected chi connectivity index (χ2v) is 6.88. The summed E-state index contributed by atoms with van der Waals surface area (Å²) >= 11 is 6.09. The fraction of sp³-hybridized carbons (Fsp3) is 0.412. The molecular weight excluding hydrogens is 316 g/mol. The monoisotopic (exact) mass is 332 g/mol. The number of amides is 1. The molecule has 5 nitrogen and oxygen atoms in total. The van der Waals surface area contributed by atoms with Crippen LogP contribution in [0.3, 0.4) is 0 Å². The molecule has 1 spiro atoms. The van der Waals surface area contributed by atoms with Gasteiger partial charge in [0.1, 0.15) is 5.56 Å². The molecule has 1 aliphatic carbocycles. The number of benzene rings is 1. The Balaban J connectivity index is 1.72. The minimum absolute atomic E-state index is 0.110. The number of halogens is 1. The van der Waals surface area contributed by atoms with Crippen molar-refractivity contribution in [2.24, 2.45) is 5.41 Å². The van der Waals surface area contributed by atoms with E-state index in [-0.39, 0.29) is 22.3 Å². The third kappa shape index (κ3) is 2.54. The highest BCUT2D eigenvalue weighted by atomic mass is 35.5. The molecule has 2 aliphatic rings. The Kier molecular flexibility index (Phi) is 3.43. The number of aromatic nitrogens is 1. The highest BCUT2D eigenvalue weighted by Gasteiger charge is 2.46. The lowest BCUT2D eigenvalue weighted by Gasteiger charge is -2.23. The fourth-order valence-electron chi connectivity index (χ4n) is 3.19. The van der Waals surface area contributed by atoms with Crippen LogP contribution in [0.2, 0.25) is 5.02 Å². The largest absolute Gasteiger partial charge is 0.379 e. The molecule has 0 radical (unpaired) electrons. The number of ether oxygens (including phenoxy) is 1. The van der Waals surface area contributed by atoms with Crippen LogP contribution < -0.4 is 5.43 Å². The lowest BCUT2D eigenvalue weighted by molar-refractivity contribution is 0.0733. The predicted octanol–water partition coefficient (Wildman–Crippen LogP) is 2.43. The first-order valence-electron chi connectivity index (χ1n) is 7.77. The molecule has 1 amide bonds. The molecule has 6 heteroatoms. The van der Waals surface area contributed by atoms with E-state index in [2.05, 4.69) is 4.98 Å². The number of carbonyl (C=O) groups excluding carboxylic acids is 1. The predicted molar refractivity (Wildman–Crippen MR) is 88.0 cm³/mol. The van der Waals surface area contributed by atoms with E-state index < -0.39 is 0 Å². The van der Waals surface area contributed by atoms with E-state index >= 15 is 0 Å². The van der Waals surface area contributed by atoms with Crippen molar-refractivity contribution in [1.82, 2.24) is 9.88 Å². The van der Waals surface area contributed by atoms with E-state index in [1.807, 2.05) is 0 Å². The fourth-order valence-corrected chi connectivity index (χ4v) is 3.42. The van der Waals surface area contributed by atoms with Crippen LogP contribution in [-0.2, 0) is 4.74 Å². The topological polar surface area (TPSA) is 62.4 Å². The van der Waals surface area contributed by atoms with E-state index in [0.29, 0.717) is 42.2 Å². The third-order valence-electron chi connectivity index (χ3n) is 4.78. The van der Waals surface area contributed by atoms with Gasteiger partial charge < -0.3 is 14.6 Å². The number of hydrogen-bond donors (Lipinski definition) is 1. The third-order valence-corrected chi connectivity index (χ3v) is 5.09. The van der Waals surface area contributed by atoms with Crippen LogP contribution in [0.1, 0.15) is 23.2 Å². The van der Waals surface area contributed by atoms with Gasteiger partial charge in [-0.25, -0.2) is 0 Å². The van der Waals surface area contributed by atoms with E-state index in [9.17, 15) is 9.59 Å². The summed E-state index contributed by atoms with van der Waals surface area (Å²) in [5.41, 5.74) is 0.561. The van der Waals surface area contributed by atoms with Crippen molar-refractivity contribution in [1.29, 1.82) is 0 Å². The van der Waals surface area contributed by atoms with Gasteiger partial charge >= 0.3 is 0 Å². The van der Waals surface area contributed by atoms with Crippen molar-refractivity contribution >= 4 is 28.4 Å². The minimum Gasteiger partial charge on any atom is -0.379 e. The van der Waals surface area contributed by atoms with Crippen LogP contribution in [0.4, 0.5) is 0 Å². The molecule has 0 atom stereocenters. The summed E-state index contributed by atoms with van der Waals surface area (Å²) in [4.78, 5) is 30.2. The van der Waals surface area contributed by atoms with Gasteiger partial charge in [0.05, 0.1) is 23.8 Å². The zero-order valence-corrected chi connectivity index (χ0v) is 13.4. The molecule has 2 fully saturated rings. The van der Waals surface area contributed by atoms with Crippen LogP contribution in [0.15, 0.2) is 29.2 Å². The first-order chi connectivity index (χ1) is 11.1. The van der Waals surface area contributed by atoms with Crippen molar-refractivity contribution in [2.45, 2.75) is 12.8 Å². The van der Waals surface area contributed by atoms with Gasteiger partial charge in [0.15, 0.2) is 0 Å². The van der Waals surface area contributed by atoms with Gasteiger partial charge in [-0.3, -0.25) is 9.59 Å². The van der Waals surface area contributed by atoms with Gasteiger partial charge in [-0.1, -0.05) is 17.7 Å². The van der Waals surface area contributed by atoms with Crippen molar-refractivity contribution in [3.63, 3.8) is 0 Å². The maximum absolute atomic E-state index is 12.8. The second kappa shape index (κ2) is 5.35. The Morgan fingerprint density at radius 2 is 2.17 bits per heavy atom. The van der Waals surface area contributed by atoms with Crippen LogP contribution >= 0.6 is 11.6 Å². The molecule has 1 aliphatic heterocycles. The zero-order chi connectivity index (χ0) is 16.0. The number of fused-ring (bicyclic) bond motifs is 1. The lowest BCUT2D eigenvalue weighted by atomic mass is 10.1. The van der Waals surface area contributed by atoms with Gasteiger partial charge in [0.2, 0.25) is 5.43 Å². The SMILES string of the molecule is O=C(c1c[nH]c2c(Cl)cccc2c1=O)N1CCOCC2(CC2)C1. The molecule has 1 aromatic heterocycles. The number of nitrogens with one attached hydrogen (secondary N) is 1. The Labute approximate surface area is 138 Å². The molecule has 1 saturated carbocycles. The number of aromatic amines is 1. The molecule has 2 heterocycles. The van der Waals surface area contributed by atoms with Gasteiger partial charge in [-0.15, -0.1) is 0 Å². The summed E-state index contributed by atoms with van der Waals surface area (Å²) in [5, 5.41) is 0.911. The van der Waals surface area contributed by atoms with Crippen LogP contribution in [0, 0.1) is 5.41 Å². The number of pyridine rings is 1. The zero-order valence-electron chi connectivity index (χ0n) is 12.6. The van der Waals surface area contributed by atoms with Gasteiger partial charge in [-0.05, 0) is 25.0 Å². The molecular formula is C17H17ClN2O3. The number of carbonyl (C=O) groups is 1. The summed E-state index contributed by atoms with van der Waals surface area (Å²) < 4.78 is 5.61. The van der Waals surface area contributed by atoms with Crippen molar-refractivity contribution < 1.29 is 9.53 Å². The molecule has 0 bridgehead atoms. The molecule has 0 unspecified atom stereocenters. The quantitative estimate of drug-likeness (QED) is 0.872. The lowest BCUT2D eigenvalue weighted by Crippen LogP contribution is -2.38. The molecule has 2 aromatic rings. The number of H-pyrrole nitrogens is 1. The minimum atomic E-state index is -0.277. The standard InChI is InChI=1S/C17H17ClN2O3/c18-13-3-1-2-11-14(13)19-8-12(15(11)21)16(22)20-6-7-23-10-17(9-20)4-5-17/h1-3,8H,4-7,9-10H2,(H,19,21). The van der Waals surface area contributed by atoms with E-state index in [4.69, 9.17) is 16.3 Å². The summed E-state index contributed by atoms with van der Waals surface area (Å²) in [6.45, 7) is 2.41. The molecule has 1 aromatic carbocycles. The molecule has 120 valence electrons. The van der Waals surface area contributed by atoms with E-state index in [1.165, 1.54) is 6.20 Å². The van der Waals surface area contributed by atoms with Crippen molar-refractivity contribution in [2.75, 3.05) is 26.3 Å². The van der Waals surface area contributed by atoms with Crippen molar-refractivity contribution in [3.8, 4) is 0 Å². The summed E-state index contributed by atoms with van der Waals surface area (Å²) in [7, 11) is 0. The van der Waals surface area contributed by atoms with Gasteiger partial charge in [0.25, 0.3) is 5.91 Å². The number of nitrogens with zero attached hydrogens (tertiary/aromatic N) is 1. The summed E-state index contributed by atoms with van der Waals surface area (Å²) in [5.74, 6) is -0.232. The molecule has 4 rings (SSSR count). The first kappa shape index (κ1) is 14.7. The normalized spacial score (nSPS) is 19.8. The molecule has 23 heavy (non-hydrogen) atoms. The van der Waals surface area contributed by atoms with Crippen LogP contribution in [0.25, 0.3) is 10.9 Å². The molecule has 1 saturated heterocycles. The average Bonchev–Trinajstić information content (AvgIpc) is 3.34. The van der Waals surface area contributed by atoms with E-state index in [1.54, 1.807) is 23.1 Å². The smallest absolute Gasteiger partial charge is 0.259 e. The van der Waals surface area contributed by atoms with Crippen LogP contribution in [-0.4, -0.2) is 42.1 Å². The highest BCUT2D eigenvalue weighted by molar-refractivity contribution is 6.35. The number of rotatable bonds is 1. The van der Waals surface area contributed by atoms with Crippen molar-refractivity contribution in [3.05, 3.63) is 45.2 Å². The van der Waals surface area contributed by atoms with E-state index in [0.717, 1.165) is 12.8 Å². The second-order valence-electron chi connectivity index (χ2n) is 6.47. The first-order valence-corrected chi connectivity index (χ1v) is 8.14. The summed E-state index contributed by atoms with van der Waals surface area (Å²) in [6, 6.07) is 5.11. The van der Waals surface area contributed by atoms with Crippen LogP contribution in [0.5, 0.6) is 0 Å². The Morgan fingerprint density at radius 1 is 1.35 bits per heavy atom. The van der Waals surface area contributed by atoms with Gasteiger partial charge in [0, 0.05) is 30.1 Å². The highest BCUT2D eigenvalue weighted by Crippen LogP contribution is 2.47. The maximum Gasteiger partial charge on any atom is 0.259 e. The Hall–Kier alpha value is -1.85. The Bertz CT molecular complexity index is 841. The number of para-hydroxylation sites is 1. The molecule has 1 N–H and O–H groups in total. The van der Waals surface area contributed by atoms with Gasteiger partial charge in [-0.2, -0.15) is 0 Å². The Morgan fingerprint density at radius 3 is 2.96 bits per heavy atom. The average molecular weight is 333 g/mol. The summed E-state index contributed by atoms with van der Waals surface area (Å²) in [6.07, 6.45) is 3.64.